The van der Waals surface area contributed by atoms with E-state index in [1.54, 1.807) is 0 Å². The molecule has 0 bridgehead atoms. The first-order valence-corrected chi connectivity index (χ1v) is 7.76. The lowest BCUT2D eigenvalue weighted by Gasteiger charge is -2.25. The molecule has 0 saturated carbocycles. The minimum atomic E-state index is -0.458. The Morgan fingerprint density at radius 1 is 1.23 bits per heavy atom. The molecule has 2 aromatic rings. The molecular formula is C19H22N2O. The molecule has 22 heavy (non-hydrogen) atoms. The summed E-state index contributed by atoms with van der Waals surface area (Å²) < 4.78 is 0. The Labute approximate surface area is 131 Å². The first-order valence-electron chi connectivity index (χ1n) is 7.76. The van der Waals surface area contributed by atoms with Gasteiger partial charge in [0.05, 0.1) is 5.41 Å². The van der Waals surface area contributed by atoms with Gasteiger partial charge in [-0.15, -0.1) is 0 Å². The minimum absolute atomic E-state index is 0.198. The fraction of sp³-hybridized carbons (Fsp3) is 0.316. The molecule has 1 fully saturated rings. The van der Waals surface area contributed by atoms with Crippen LogP contribution in [0.25, 0.3) is 11.1 Å². The van der Waals surface area contributed by atoms with E-state index in [1.165, 1.54) is 22.3 Å². The van der Waals surface area contributed by atoms with Crippen molar-refractivity contribution in [1.82, 2.24) is 5.32 Å². The van der Waals surface area contributed by atoms with Crippen LogP contribution < -0.4 is 11.1 Å². The summed E-state index contributed by atoms with van der Waals surface area (Å²) in [6, 6.07) is 16.8. The van der Waals surface area contributed by atoms with Gasteiger partial charge in [-0.2, -0.15) is 0 Å². The summed E-state index contributed by atoms with van der Waals surface area (Å²) >= 11 is 0. The monoisotopic (exact) mass is 294 g/mol. The molecule has 1 atom stereocenters. The molecule has 1 unspecified atom stereocenters. The molecule has 1 heterocycles. The lowest BCUT2D eigenvalue weighted by atomic mass is 9.78. The number of primary amides is 1. The van der Waals surface area contributed by atoms with E-state index in [2.05, 4.69) is 48.6 Å². The van der Waals surface area contributed by atoms with Crippen LogP contribution in [0.4, 0.5) is 0 Å². The van der Waals surface area contributed by atoms with Gasteiger partial charge in [0.15, 0.2) is 0 Å². The lowest BCUT2D eigenvalue weighted by molar-refractivity contribution is -0.126. The number of hydrogen-bond acceptors (Lipinski definition) is 2. The molecular weight excluding hydrogens is 272 g/mol. The normalized spacial score (nSPS) is 21.0. The van der Waals surface area contributed by atoms with Crippen molar-refractivity contribution in [2.75, 3.05) is 13.1 Å². The van der Waals surface area contributed by atoms with E-state index in [1.807, 2.05) is 12.1 Å². The van der Waals surface area contributed by atoms with E-state index in [0.29, 0.717) is 13.0 Å². The molecule has 1 aliphatic heterocycles. The van der Waals surface area contributed by atoms with Crippen molar-refractivity contribution in [2.24, 2.45) is 11.1 Å². The summed E-state index contributed by atoms with van der Waals surface area (Å²) in [5.41, 5.74) is 10.1. The SMILES string of the molecule is Cc1cccc(-c2ccccc2CC2(C(N)=O)CCNC2)c1. The van der Waals surface area contributed by atoms with E-state index >= 15 is 0 Å². The molecule has 1 aliphatic rings. The van der Waals surface area contributed by atoms with Crippen LogP contribution in [0.2, 0.25) is 0 Å². The molecule has 3 rings (SSSR count). The van der Waals surface area contributed by atoms with Gasteiger partial charge >= 0.3 is 0 Å². The predicted octanol–water partition coefficient (Wildman–Crippen LogP) is 2.67. The number of benzene rings is 2. The smallest absolute Gasteiger partial charge is 0.225 e. The first kappa shape index (κ1) is 14.8. The lowest BCUT2D eigenvalue weighted by Crippen LogP contribution is -2.40. The molecule has 3 nitrogen and oxygen atoms in total. The predicted molar refractivity (Wildman–Crippen MR) is 89.4 cm³/mol. The molecule has 1 saturated heterocycles. The van der Waals surface area contributed by atoms with Gasteiger partial charge in [0, 0.05) is 6.54 Å². The fourth-order valence-electron chi connectivity index (χ4n) is 3.33. The molecule has 2 aromatic carbocycles. The highest BCUT2D eigenvalue weighted by Gasteiger charge is 2.40. The highest BCUT2D eigenvalue weighted by molar-refractivity contribution is 5.82. The number of carbonyl (C=O) groups is 1. The highest BCUT2D eigenvalue weighted by atomic mass is 16.1. The van der Waals surface area contributed by atoms with Gasteiger partial charge in [-0.3, -0.25) is 4.79 Å². The van der Waals surface area contributed by atoms with Gasteiger partial charge in [0.2, 0.25) is 5.91 Å². The summed E-state index contributed by atoms with van der Waals surface area (Å²) in [5, 5.41) is 3.28. The van der Waals surface area contributed by atoms with Crippen LogP contribution in [-0.2, 0) is 11.2 Å². The average Bonchev–Trinajstić information content (AvgIpc) is 2.98. The molecule has 1 amide bonds. The zero-order chi connectivity index (χ0) is 15.6. The minimum Gasteiger partial charge on any atom is -0.369 e. The summed E-state index contributed by atoms with van der Waals surface area (Å²) in [6.07, 6.45) is 1.50. The van der Waals surface area contributed by atoms with Gasteiger partial charge < -0.3 is 11.1 Å². The Bertz CT molecular complexity index is 687. The Balaban J connectivity index is 2.00. The van der Waals surface area contributed by atoms with Crippen molar-refractivity contribution >= 4 is 5.91 Å². The molecule has 3 heteroatoms. The molecule has 0 radical (unpaired) electrons. The number of aryl methyl sites for hydroxylation is 1. The van der Waals surface area contributed by atoms with E-state index in [-0.39, 0.29) is 5.91 Å². The van der Waals surface area contributed by atoms with E-state index in [9.17, 15) is 4.79 Å². The molecule has 114 valence electrons. The van der Waals surface area contributed by atoms with Gasteiger partial charge in [-0.1, -0.05) is 54.1 Å². The maximum absolute atomic E-state index is 12.0. The van der Waals surface area contributed by atoms with Crippen molar-refractivity contribution in [3.8, 4) is 11.1 Å². The van der Waals surface area contributed by atoms with Crippen LogP contribution in [0.3, 0.4) is 0 Å². The largest absolute Gasteiger partial charge is 0.369 e. The first-order chi connectivity index (χ1) is 10.6. The summed E-state index contributed by atoms with van der Waals surface area (Å²) in [7, 11) is 0. The maximum Gasteiger partial charge on any atom is 0.225 e. The number of hydrogen-bond donors (Lipinski definition) is 2. The standard InChI is InChI=1S/C19H22N2O/c1-14-5-4-7-15(11-14)17-8-3-2-6-16(17)12-19(18(20)22)9-10-21-13-19/h2-8,11,21H,9-10,12-13H2,1H3,(H2,20,22). The zero-order valence-electron chi connectivity index (χ0n) is 12.9. The average molecular weight is 294 g/mol. The quantitative estimate of drug-likeness (QED) is 0.911. The second kappa shape index (κ2) is 5.93. The third kappa shape index (κ3) is 2.77. The summed E-state index contributed by atoms with van der Waals surface area (Å²) in [6.45, 7) is 3.62. The Kier molecular flexibility index (Phi) is 3.99. The molecule has 0 aromatic heterocycles. The van der Waals surface area contributed by atoms with E-state index < -0.39 is 5.41 Å². The van der Waals surface area contributed by atoms with Gasteiger partial charge in [-0.05, 0) is 43.0 Å². The van der Waals surface area contributed by atoms with Crippen LogP contribution in [0.1, 0.15) is 17.5 Å². The number of carbonyl (C=O) groups excluding carboxylic acids is 1. The molecule has 3 N–H and O–H groups in total. The summed E-state index contributed by atoms with van der Waals surface area (Å²) in [5.74, 6) is -0.198. The Morgan fingerprint density at radius 3 is 2.73 bits per heavy atom. The second-order valence-corrected chi connectivity index (χ2v) is 6.27. The van der Waals surface area contributed by atoms with Crippen molar-refractivity contribution in [3.05, 3.63) is 59.7 Å². The van der Waals surface area contributed by atoms with Gasteiger partial charge in [0.25, 0.3) is 0 Å². The highest BCUT2D eigenvalue weighted by Crippen LogP contribution is 2.34. The van der Waals surface area contributed by atoms with Crippen LogP contribution >= 0.6 is 0 Å². The number of rotatable bonds is 4. The van der Waals surface area contributed by atoms with Crippen molar-refractivity contribution < 1.29 is 4.79 Å². The van der Waals surface area contributed by atoms with Gasteiger partial charge in [-0.25, -0.2) is 0 Å². The van der Waals surface area contributed by atoms with Gasteiger partial charge in [0.1, 0.15) is 0 Å². The van der Waals surface area contributed by atoms with Crippen LogP contribution in [-0.4, -0.2) is 19.0 Å². The van der Waals surface area contributed by atoms with E-state index in [0.717, 1.165) is 13.0 Å². The van der Waals surface area contributed by atoms with E-state index in [4.69, 9.17) is 5.73 Å². The van der Waals surface area contributed by atoms with Crippen LogP contribution in [0.5, 0.6) is 0 Å². The Hall–Kier alpha value is -2.13. The maximum atomic E-state index is 12.0. The summed E-state index contributed by atoms with van der Waals surface area (Å²) in [4.78, 5) is 12.0. The zero-order valence-corrected chi connectivity index (χ0v) is 12.9. The molecule has 0 aliphatic carbocycles. The topological polar surface area (TPSA) is 55.1 Å². The van der Waals surface area contributed by atoms with Crippen molar-refractivity contribution in [2.45, 2.75) is 19.8 Å². The third-order valence-electron chi connectivity index (χ3n) is 4.64. The Morgan fingerprint density at radius 2 is 2.05 bits per heavy atom. The van der Waals surface area contributed by atoms with Crippen molar-refractivity contribution in [3.63, 3.8) is 0 Å². The van der Waals surface area contributed by atoms with Crippen molar-refractivity contribution in [1.29, 1.82) is 0 Å². The second-order valence-electron chi connectivity index (χ2n) is 6.27. The van der Waals surface area contributed by atoms with Crippen LogP contribution in [0, 0.1) is 12.3 Å². The number of amides is 1. The van der Waals surface area contributed by atoms with Crippen LogP contribution in [0.15, 0.2) is 48.5 Å². The number of nitrogens with one attached hydrogen (secondary N) is 1. The molecule has 0 spiro atoms. The fourth-order valence-corrected chi connectivity index (χ4v) is 3.33. The number of nitrogens with two attached hydrogens (primary N) is 1. The third-order valence-corrected chi connectivity index (χ3v) is 4.64.